The van der Waals surface area contributed by atoms with Gasteiger partial charge in [0.2, 0.25) is 0 Å². The summed E-state index contributed by atoms with van der Waals surface area (Å²) in [7, 11) is -3.57. The number of halogens is 3. The summed E-state index contributed by atoms with van der Waals surface area (Å²) in [6.07, 6.45) is 0.956. The molecule has 0 aliphatic heterocycles. The normalized spacial score (nSPS) is 11.2. The van der Waals surface area contributed by atoms with Gasteiger partial charge in [-0.05, 0) is 36.4 Å². The molecule has 0 atom stereocenters. The number of ketones is 1. The van der Waals surface area contributed by atoms with Crippen molar-refractivity contribution in [3.05, 3.63) is 64.2 Å². The minimum Gasteiger partial charge on any atom is -0.454 e. The first-order chi connectivity index (χ1) is 11.6. The highest BCUT2D eigenvalue weighted by molar-refractivity contribution is 7.90. The second kappa shape index (κ2) is 7.28. The molecule has 9 heteroatoms. The van der Waals surface area contributed by atoms with Crippen LogP contribution in [-0.2, 0) is 14.6 Å². The summed E-state index contributed by atoms with van der Waals surface area (Å²) in [5.41, 5.74) is -0.412. The molecule has 0 N–H and O–H groups in total. The van der Waals surface area contributed by atoms with Gasteiger partial charge in [-0.3, -0.25) is 4.79 Å². The molecule has 0 fully saturated rings. The molecule has 2 aromatic carbocycles. The molecule has 2 aromatic rings. The molecule has 0 amide bonds. The zero-order valence-electron chi connectivity index (χ0n) is 12.8. The van der Waals surface area contributed by atoms with Gasteiger partial charge in [-0.2, -0.15) is 0 Å². The Balaban J connectivity index is 2.14. The summed E-state index contributed by atoms with van der Waals surface area (Å²) in [5.74, 6) is -4.10. The van der Waals surface area contributed by atoms with Crippen LogP contribution in [0.1, 0.15) is 20.7 Å². The van der Waals surface area contributed by atoms with Crippen LogP contribution in [0.2, 0.25) is 5.02 Å². The van der Waals surface area contributed by atoms with Crippen molar-refractivity contribution < 1.29 is 31.5 Å². The van der Waals surface area contributed by atoms with Gasteiger partial charge >= 0.3 is 5.97 Å². The lowest BCUT2D eigenvalue weighted by Gasteiger charge is -2.08. The molecule has 0 saturated heterocycles. The van der Waals surface area contributed by atoms with Crippen LogP contribution in [0.3, 0.4) is 0 Å². The summed E-state index contributed by atoms with van der Waals surface area (Å²) < 4.78 is 53.8. The number of carbonyl (C=O) groups excluding carboxylic acids is 2. The molecule has 132 valence electrons. The fourth-order valence-electron chi connectivity index (χ4n) is 1.85. The Bertz CT molecular complexity index is 957. The molecular weight excluding hydrogens is 378 g/mol. The summed E-state index contributed by atoms with van der Waals surface area (Å²) in [6, 6.07) is 5.97. The van der Waals surface area contributed by atoms with Gasteiger partial charge in [0.05, 0.1) is 15.5 Å². The number of ether oxygens (including phenoxy) is 1. The van der Waals surface area contributed by atoms with Gasteiger partial charge in [-0.15, -0.1) is 0 Å². The second-order valence-electron chi connectivity index (χ2n) is 5.04. The molecule has 0 heterocycles. The van der Waals surface area contributed by atoms with Gasteiger partial charge in [-0.1, -0.05) is 11.6 Å². The second-order valence-corrected chi connectivity index (χ2v) is 7.46. The van der Waals surface area contributed by atoms with Crippen LogP contribution >= 0.6 is 11.6 Å². The summed E-state index contributed by atoms with van der Waals surface area (Å²) in [6.45, 7) is -0.747. The molecule has 0 aliphatic rings. The van der Waals surface area contributed by atoms with E-state index < -0.39 is 39.8 Å². The third-order valence-electron chi connectivity index (χ3n) is 3.16. The molecule has 2 rings (SSSR count). The quantitative estimate of drug-likeness (QED) is 0.581. The Morgan fingerprint density at radius 3 is 2.36 bits per heavy atom. The minimum absolute atomic E-state index is 0.0577. The van der Waals surface area contributed by atoms with Gasteiger partial charge in [0.25, 0.3) is 0 Å². The highest BCUT2D eigenvalue weighted by Gasteiger charge is 2.18. The fourth-order valence-corrected chi connectivity index (χ4v) is 2.70. The summed E-state index contributed by atoms with van der Waals surface area (Å²) >= 11 is 5.84. The van der Waals surface area contributed by atoms with E-state index in [0.29, 0.717) is 6.07 Å². The van der Waals surface area contributed by atoms with Crippen molar-refractivity contribution >= 4 is 33.2 Å². The Kier molecular flexibility index (Phi) is 5.54. The Hall–Kier alpha value is -2.32. The average Bonchev–Trinajstić information content (AvgIpc) is 2.54. The number of benzene rings is 2. The largest absolute Gasteiger partial charge is 0.454 e. The molecule has 25 heavy (non-hydrogen) atoms. The zero-order valence-corrected chi connectivity index (χ0v) is 14.3. The fraction of sp³-hybridized carbons (Fsp3) is 0.125. The van der Waals surface area contributed by atoms with E-state index in [1.54, 1.807) is 0 Å². The van der Waals surface area contributed by atoms with E-state index in [-0.39, 0.29) is 21.0 Å². The van der Waals surface area contributed by atoms with E-state index in [2.05, 4.69) is 0 Å². The highest BCUT2D eigenvalue weighted by Crippen LogP contribution is 2.21. The number of hydrogen-bond donors (Lipinski definition) is 0. The van der Waals surface area contributed by atoms with E-state index in [1.807, 2.05) is 0 Å². The van der Waals surface area contributed by atoms with E-state index in [9.17, 15) is 26.8 Å². The number of rotatable bonds is 5. The molecule has 0 aromatic heterocycles. The number of sulfone groups is 1. The van der Waals surface area contributed by atoms with E-state index in [0.717, 1.165) is 24.5 Å². The Morgan fingerprint density at radius 1 is 1.08 bits per heavy atom. The number of esters is 1. The average molecular weight is 389 g/mol. The number of Topliss-reactive ketones (excluding diaryl/α,β-unsaturated/α-hetero) is 1. The van der Waals surface area contributed by atoms with Gasteiger partial charge < -0.3 is 4.74 Å². The van der Waals surface area contributed by atoms with Gasteiger partial charge in [-0.25, -0.2) is 22.0 Å². The molecule has 5 nitrogen and oxygen atoms in total. The lowest BCUT2D eigenvalue weighted by Crippen LogP contribution is -2.15. The molecule has 0 unspecified atom stereocenters. The van der Waals surface area contributed by atoms with Crippen molar-refractivity contribution in [3.63, 3.8) is 0 Å². The highest BCUT2D eigenvalue weighted by atomic mass is 35.5. The van der Waals surface area contributed by atoms with Crippen molar-refractivity contribution in [2.45, 2.75) is 4.90 Å². The van der Waals surface area contributed by atoms with Crippen LogP contribution in [0.25, 0.3) is 0 Å². The first kappa shape index (κ1) is 19.0. The molecule has 0 aliphatic carbocycles. The van der Waals surface area contributed by atoms with E-state index >= 15 is 0 Å². The number of hydrogen-bond acceptors (Lipinski definition) is 5. The summed E-state index contributed by atoms with van der Waals surface area (Å²) in [5, 5.41) is -0.0577. The van der Waals surface area contributed by atoms with Crippen molar-refractivity contribution in [2.24, 2.45) is 0 Å². The maximum Gasteiger partial charge on any atom is 0.340 e. The van der Waals surface area contributed by atoms with Crippen LogP contribution < -0.4 is 0 Å². The third kappa shape index (κ3) is 4.61. The molecule has 0 bridgehead atoms. The lowest BCUT2D eigenvalue weighted by atomic mass is 10.1. The molecule has 0 spiro atoms. The van der Waals surface area contributed by atoms with Crippen molar-refractivity contribution in [1.29, 1.82) is 0 Å². The van der Waals surface area contributed by atoms with Crippen molar-refractivity contribution in [3.8, 4) is 0 Å². The van der Waals surface area contributed by atoms with Crippen LogP contribution in [0.15, 0.2) is 41.3 Å². The predicted molar refractivity (Wildman–Crippen MR) is 85.5 cm³/mol. The predicted octanol–water partition coefficient (Wildman–Crippen LogP) is 3.06. The standard InChI is InChI=1S/C16H11ClF2O5S/c1-25(22,23)10-3-4-12(17)11(7-10)16(21)24-8-15(20)9-2-5-13(18)14(19)6-9/h2-7H,8H2,1H3. The third-order valence-corrected chi connectivity index (χ3v) is 4.60. The Labute approximate surface area is 147 Å². The van der Waals surface area contributed by atoms with Crippen LogP contribution in [-0.4, -0.2) is 33.0 Å². The SMILES string of the molecule is CS(=O)(=O)c1ccc(Cl)c(C(=O)OCC(=O)c2ccc(F)c(F)c2)c1. The lowest BCUT2D eigenvalue weighted by molar-refractivity contribution is 0.0474. The topological polar surface area (TPSA) is 77.5 Å². The maximum absolute atomic E-state index is 13.1. The van der Waals surface area contributed by atoms with Crippen LogP contribution in [0, 0.1) is 11.6 Å². The van der Waals surface area contributed by atoms with Crippen molar-refractivity contribution in [1.82, 2.24) is 0 Å². The first-order valence-electron chi connectivity index (χ1n) is 6.74. The Morgan fingerprint density at radius 2 is 1.76 bits per heavy atom. The minimum atomic E-state index is -3.57. The van der Waals surface area contributed by atoms with Crippen LogP contribution in [0.5, 0.6) is 0 Å². The maximum atomic E-state index is 13.1. The van der Waals surface area contributed by atoms with Crippen molar-refractivity contribution in [2.75, 3.05) is 12.9 Å². The molecular formula is C16H11ClF2O5S. The number of carbonyl (C=O) groups is 2. The van der Waals surface area contributed by atoms with Gasteiger partial charge in [0.1, 0.15) is 0 Å². The van der Waals surface area contributed by atoms with E-state index in [1.165, 1.54) is 12.1 Å². The molecule has 0 saturated carbocycles. The smallest absolute Gasteiger partial charge is 0.340 e. The monoisotopic (exact) mass is 388 g/mol. The summed E-state index contributed by atoms with van der Waals surface area (Å²) in [4.78, 5) is 23.7. The van der Waals surface area contributed by atoms with E-state index in [4.69, 9.17) is 16.3 Å². The first-order valence-corrected chi connectivity index (χ1v) is 9.01. The van der Waals surface area contributed by atoms with Gasteiger partial charge in [0, 0.05) is 11.8 Å². The zero-order chi connectivity index (χ0) is 18.8. The molecule has 0 radical (unpaired) electrons. The van der Waals surface area contributed by atoms with Crippen LogP contribution in [0.4, 0.5) is 8.78 Å². The van der Waals surface area contributed by atoms with Gasteiger partial charge in [0.15, 0.2) is 33.9 Å².